The topological polar surface area (TPSA) is 143 Å². The first-order valence-electron chi connectivity index (χ1n) is 11.5. The Morgan fingerprint density at radius 2 is 1.78 bits per heavy atom. The first kappa shape index (κ1) is 27.8. The number of ether oxygens (including phenoxy) is 2. The number of phenols is 1. The summed E-state index contributed by atoms with van der Waals surface area (Å²) in [6, 6.07) is 5.17. The second-order valence-electron chi connectivity index (χ2n) is 8.21. The second kappa shape index (κ2) is 11.5. The molecule has 1 saturated heterocycles. The Morgan fingerprint density at radius 3 is 2.35 bits per heavy atom. The molecule has 11 nitrogen and oxygen atoms in total. The number of carbonyl (C=O) groups excluding carboxylic acids is 2. The van der Waals surface area contributed by atoms with Crippen molar-refractivity contribution in [2.24, 2.45) is 0 Å². The number of likely N-dealkylation sites (N-methyl/N-ethyl adjacent to an activating group) is 1. The Hall–Kier alpha value is -3.83. The van der Waals surface area contributed by atoms with Crippen LogP contribution in [0.25, 0.3) is 5.76 Å². The van der Waals surface area contributed by atoms with Gasteiger partial charge in [-0.15, -0.1) is 0 Å². The predicted molar refractivity (Wildman–Crippen MR) is 136 cm³/mol. The highest BCUT2D eigenvalue weighted by molar-refractivity contribution is 6.46. The number of carbonyl (C=O) groups is 2. The summed E-state index contributed by atoms with van der Waals surface area (Å²) in [4.78, 5) is 40.5. The van der Waals surface area contributed by atoms with Crippen LogP contribution in [0.5, 0.6) is 17.2 Å². The van der Waals surface area contributed by atoms with Gasteiger partial charge >= 0.3 is 5.69 Å². The zero-order chi connectivity index (χ0) is 27.4. The standard InChI is InChI=1S/C25H28ClN3O8/c1-5-27(6-2)9-10-28-22(14-7-8-18(30)17(11-14)29(34)35)21(24(32)25(28)33)23(31)15-12-16(26)20(37-4)13-19(15)36-3/h7-8,11-13,22,30-31H,5-6,9-10H2,1-4H3/b23-21+. The fraction of sp³-hybridized carbons (Fsp3) is 0.360. The van der Waals surface area contributed by atoms with Gasteiger partial charge < -0.3 is 29.5 Å². The molecular formula is C25H28ClN3O8. The van der Waals surface area contributed by atoms with Crippen molar-refractivity contribution in [3.05, 3.63) is 62.2 Å². The zero-order valence-electron chi connectivity index (χ0n) is 20.9. The van der Waals surface area contributed by atoms with Crippen LogP contribution in [0.2, 0.25) is 5.02 Å². The van der Waals surface area contributed by atoms with Gasteiger partial charge in [-0.1, -0.05) is 31.5 Å². The first-order valence-corrected chi connectivity index (χ1v) is 11.9. The number of aliphatic hydroxyl groups excluding tert-OH is 1. The zero-order valence-corrected chi connectivity index (χ0v) is 21.6. The number of methoxy groups -OCH3 is 2. The lowest BCUT2D eigenvalue weighted by Crippen LogP contribution is -2.38. The molecule has 2 aromatic carbocycles. The third-order valence-electron chi connectivity index (χ3n) is 6.33. The average Bonchev–Trinajstić information content (AvgIpc) is 3.13. The molecule has 2 N–H and O–H groups in total. The number of nitro groups is 1. The molecule has 12 heteroatoms. The highest BCUT2D eigenvalue weighted by Gasteiger charge is 2.46. The summed E-state index contributed by atoms with van der Waals surface area (Å²) in [5.41, 5.74) is -0.683. The molecule has 0 aromatic heterocycles. The van der Waals surface area contributed by atoms with E-state index in [2.05, 4.69) is 0 Å². The van der Waals surface area contributed by atoms with Gasteiger partial charge in [0.05, 0.1) is 41.3 Å². The summed E-state index contributed by atoms with van der Waals surface area (Å²) in [6.45, 7) is 5.86. The maximum Gasteiger partial charge on any atom is 0.311 e. The van der Waals surface area contributed by atoms with Crippen LogP contribution in [0, 0.1) is 10.1 Å². The average molecular weight is 534 g/mol. The Kier molecular flexibility index (Phi) is 8.61. The molecule has 0 radical (unpaired) electrons. The van der Waals surface area contributed by atoms with Gasteiger partial charge in [-0.2, -0.15) is 0 Å². The lowest BCUT2D eigenvalue weighted by molar-refractivity contribution is -0.385. The minimum atomic E-state index is -1.17. The van der Waals surface area contributed by atoms with E-state index >= 15 is 0 Å². The molecule has 0 saturated carbocycles. The van der Waals surface area contributed by atoms with E-state index in [0.29, 0.717) is 19.6 Å². The van der Waals surface area contributed by atoms with Crippen molar-refractivity contribution in [1.29, 1.82) is 0 Å². The predicted octanol–water partition coefficient (Wildman–Crippen LogP) is 3.73. The van der Waals surface area contributed by atoms with Gasteiger partial charge in [0.25, 0.3) is 11.7 Å². The van der Waals surface area contributed by atoms with Crippen LogP contribution in [0.4, 0.5) is 5.69 Å². The normalized spacial score (nSPS) is 16.9. The van der Waals surface area contributed by atoms with Gasteiger partial charge in [0.15, 0.2) is 5.75 Å². The number of hydrogen-bond donors (Lipinski definition) is 2. The summed E-state index contributed by atoms with van der Waals surface area (Å²) >= 11 is 6.26. The van der Waals surface area contributed by atoms with E-state index < -0.39 is 39.9 Å². The van der Waals surface area contributed by atoms with Crippen molar-refractivity contribution >= 4 is 34.7 Å². The molecule has 0 bridgehead atoms. The SMILES string of the molecule is CCN(CC)CCN1C(=O)C(=O)/C(=C(/O)c2cc(Cl)c(OC)cc2OC)C1c1ccc(O)c([N+](=O)[O-])c1. The molecule has 1 fully saturated rings. The summed E-state index contributed by atoms with van der Waals surface area (Å²) in [5, 5.41) is 32.9. The number of hydrogen-bond acceptors (Lipinski definition) is 9. The third-order valence-corrected chi connectivity index (χ3v) is 6.63. The van der Waals surface area contributed by atoms with Crippen molar-refractivity contribution in [3.8, 4) is 17.2 Å². The van der Waals surface area contributed by atoms with E-state index in [0.717, 1.165) is 12.1 Å². The van der Waals surface area contributed by atoms with Crippen LogP contribution in [-0.2, 0) is 9.59 Å². The molecular weight excluding hydrogens is 506 g/mol. The van der Waals surface area contributed by atoms with Crippen molar-refractivity contribution in [2.75, 3.05) is 40.4 Å². The fourth-order valence-corrected chi connectivity index (χ4v) is 4.53. The van der Waals surface area contributed by atoms with Gasteiger partial charge in [-0.3, -0.25) is 19.7 Å². The summed E-state index contributed by atoms with van der Waals surface area (Å²) in [6.07, 6.45) is 0. The number of nitrogens with zero attached hydrogens (tertiary/aromatic N) is 3. The smallest absolute Gasteiger partial charge is 0.311 e. The number of likely N-dealkylation sites (tertiary alicyclic amines) is 1. The lowest BCUT2D eigenvalue weighted by Gasteiger charge is -2.28. The highest BCUT2D eigenvalue weighted by Crippen LogP contribution is 2.44. The summed E-state index contributed by atoms with van der Waals surface area (Å²) in [7, 11) is 2.75. The molecule has 1 aliphatic rings. The third kappa shape index (κ3) is 5.32. The van der Waals surface area contributed by atoms with Gasteiger partial charge in [0.2, 0.25) is 0 Å². The van der Waals surface area contributed by atoms with Crippen LogP contribution in [0.3, 0.4) is 0 Å². The van der Waals surface area contributed by atoms with E-state index in [9.17, 15) is 29.9 Å². The monoisotopic (exact) mass is 533 g/mol. The van der Waals surface area contributed by atoms with Crippen LogP contribution in [0.15, 0.2) is 35.9 Å². The van der Waals surface area contributed by atoms with Crippen LogP contribution in [0.1, 0.15) is 31.0 Å². The maximum absolute atomic E-state index is 13.3. The molecule has 198 valence electrons. The molecule has 1 unspecified atom stereocenters. The first-order chi connectivity index (χ1) is 17.6. The van der Waals surface area contributed by atoms with E-state index in [-0.39, 0.29) is 39.8 Å². The fourth-order valence-electron chi connectivity index (χ4n) is 4.29. The Morgan fingerprint density at radius 1 is 1.14 bits per heavy atom. The summed E-state index contributed by atoms with van der Waals surface area (Å²) in [5.74, 6) is -2.58. The number of rotatable bonds is 10. The van der Waals surface area contributed by atoms with Gasteiger partial charge in [-0.05, 0) is 30.8 Å². The van der Waals surface area contributed by atoms with Crippen LogP contribution < -0.4 is 9.47 Å². The van der Waals surface area contributed by atoms with E-state index in [4.69, 9.17) is 21.1 Å². The van der Waals surface area contributed by atoms with Gasteiger partial charge in [-0.25, -0.2) is 0 Å². The minimum absolute atomic E-state index is 0.0355. The van der Waals surface area contributed by atoms with Gasteiger partial charge in [0, 0.05) is 25.2 Å². The number of nitro benzene ring substituents is 1. The molecule has 1 heterocycles. The van der Waals surface area contributed by atoms with Crippen molar-refractivity contribution in [3.63, 3.8) is 0 Å². The molecule has 0 aliphatic carbocycles. The number of Topliss-reactive ketones (excluding diaryl/α,β-unsaturated/α-hetero) is 1. The molecule has 2 aromatic rings. The number of phenolic OH excluding ortho intramolecular Hbond substituents is 1. The van der Waals surface area contributed by atoms with E-state index in [1.54, 1.807) is 0 Å². The molecule has 3 rings (SSSR count). The Balaban J connectivity index is 2.26. The van der Waals surface area contributed by atoms with E-state index in [1.807, 2.05) is 18.7 Å². The number of aliphatic hydroxyl groups is 1. The number of aromatic hydroxyl groups is 1. The minimum Gasteiger partial charge on any atom is -0.507 e. The number of halogens is 1. The Labute approximate surface area is 218 Å². The summed E-state index contributed by atoms with van der Waals surface area (Å²) < 4.78 is 10.5. The number of amides is 1. The van der Waals surface area contributed by atoms with Crippen molar-refractivity contribution in [1.82, 2.24) is 9.80 Å². The van der Waals surface area contributed by atoms with Crippen molar-refractivity contribution in [2.45, 2.75) is 19.9 Å². The quantitative estimate of drug-likeness (QED) is 0.153. The molecule has 1 aliphatic heterocycles. The maximum atomic E-state index is 13.3. The molecule has 37 heavy (non-hydrogen) atoms. The van der Waals surface area contributed by atoms with Crippen molar-refractivity contribution < 1.29 is 34.2 Å². The highest BCUT2D eigenvalue weighted by atomic mass is 35.5. The van der Waals surface area contributed by atoms with E-state index in [1.165, 1.54) is 37.3 Å². The molecule has 1 atom stereocenters. The Bertz CT molecular complexity index is 1260. The van der Waals surface area contributed by atoms with Gasteiger partial charge in [0.1, 0.15) is 17.3 Å². The molecule has 1 amide bonds. The number of benzene rings is 2. The second-order valence-corrected chi connectivity index (χ2v) is 8.62. The number of ketones is 1. The molecule has 0 spiro atoms. The largest absolute Gasteiger partial charge is 0.507 e. The van der Waals surface area contributed by atoms with Crippen LogP contribution in [-0.4, -0.2) is 77.0 Å². The lowest BCUT2D eigenvalue weighted by atomic mass is 9.94. The van der Waals surface area contributed by atoms with Crippen LogP contribution >= 0.6 is 11.6 Å².